The lowest BCUT2D eigenvalue weighted by Gasteiger charge is -2.36. The lowest BCUT2D eigenvalue weighted by atomic mass is 9.97. The molecule has 5 nitrogen and oxygen atoms in total. The molecule has 2 aliphatic rings. The number of likely N-dealkylation sites (tertiary alicyclic amines) is 1. The Morgan fingerprint density at radius 2 is 2.21 bits per heavy atom. The fourth-order valence-electron chi connectivity index (χ4n) is 3.71. The zero-order chi connectivity index (χ0) is 17.1. The van der Waals surface area contributed by atoms with Gasteiger partial charge >= 0.3 is 5.97 Å². The van der Waals surface area contributed by atoms with Crippen molar-refractivity contribution in [2.24, 2.45) is 5.92 Å². The SMILES string of the molecule is CCOC(=O)C1CCCN(C(=O)CN2CCc3sccc3C2C)C1. The van der Waals surface area contributed by atoms with Crippen molar-refractivity contribution < 1.29 is 14.3 Å². The second kappa shape index (κ2) is 7.66. The standard InChI is InChI=1S/C18H26N2O3S/c1-3-23-18(22)14-5-4-8-20(11-14)17(21)12-19-9-6-16-15(13(19)2)7-10-24-16/h7,10,13-14H,3-6,8-9,11-12H2,1-2H3. The first-order chi connectivity index (χ1) is 11.6. The highest BCUT2D eigenvalue weighted by Gasteiger charge is 2.32. The molecule has 3 rings (SSSR count). The highest BCUT2D eigenvalue weighted by Crippen LogP contribution is 2.32. The maximum Gasteiger partial charge on any atom is 0.310 e. The van der Waals surface area contributed by atoms with Gasteiger partial charge in [-0.2, -0.15) is 0 Å². The van der Waals surface area contributed by atoms with Crippen LogP contribution in [0.2, 0.25) is 0 Å². The summed E-state index contributed by atoms with van der Waals surface area (Å²) >= 11 is 1.81. The minimum atomic E-state index is -0.163. The summed E-state index contributed by atoms with van der Waals surface area (Å²) in [7, 11) is 0. The van der Waals surface area contributed by atoms with Gasteiger partial charge in [-0.1, -0.05) is 0 Å². The molecule has 0 bridgehead atoms. The van der Waals surface area contributed by atoms with E-state index in [4.69, 9.17) is 4.74 Å². The van der Waals surface area contributed by atoms with E-state index in [1.54, 1.807) is 0 Å². The molecule has 1 aromatic rings. The number of carbonyl (C=O) groups excluding carboxylic acids is 2. The number of hydrogen-bond acceptors (Lipinski definition) is 5. The second-order valence-corrected chi connectivity index (χ2v) is 7.63. The molecule has 24 heavy (non-hydrogen) atoms. The van der Waals surface area contributed by atoms with Gasteiger partial charge in [0.05, 0.1) is 19.1 Å². The summed E-state index contributed by atoms with van der Waals surface area (Å²) in [4.78, 5) is 30.2. The minimum Gasteiger partial charge on any atom is -0.466 e. The molecule has 6 heteroatoms. The van der Waals surface area contributed by atoms with Crippen LogP contribution in [-0.4, -0.2) is 54.5 Å². The van der Waals surface area contributed by atoms with Crippen molar-refractivity contribution in [1.82, 2.24) is 9.80 Å². The fourth-order valence-corrected chi connectivity index (χ4v) is 4.67. The van der Waals surface area contributed by atoms with Crippen LogP contribution in [0, 0.1) is 5.92 Å². The third-order valence-corrected chi connectivity index (χ3v) is 6.13. The fraction of sp³-hybridized carbons (Fsp3) is 0.667. The van der Waals surface area contributed by atoms with E-state index in [2.05, 4.69) is 23.3 Å². The normalized spacial score (nSPS) is 24.5. The number of amides is 1. The number of ether oxygens (including phenoxy) is 1. The van der Waals surface area contributed by atoms with Gasteiger partial charge in [-0.3, -0.25) is 14.5 Å². The van der Waals surface area contributed by atoms with Crippen LogP contribution in [0.15, 0.2) is 11.4 Å². The summed E-state index contributed by atoms with van der Waals surface area (Å²) in [6.45, 7) is 7.01. The Morgan fingerprint density at radius 1 is 1.38 bits per heavy atom. The number of rotatable bonds is 4. The summed E-state index contributed by atoms with van der Waals surface area (Å²) < 4.78 is 5.12. The van der Waals surface area contributed by atoms with Crippen molar-refractivity contribution in [1.29, 1.82) is 0 Å². The van der Waals surface area contributed by atoms with Crippen LogP contribution in [-0.2, 0) is 20.7 Å². The first-order valence-corrected chi connectivity index (χ1v) is 9.72. The lowest BCUT2D eigenvalue weighted by molar-refractivity contribution is -0.151. The van der Waals surface area contributed by atoms with Crippen LogP contribution in [0.4, 0.5) is 0 Å². The number of fused-ring (bicyclic) bond motifs is 1. The van der Waals surface area contributed by atoms with Gasteiger partial charge in [-0.15, -0.1) is 11.3 Å². The molecule has 0 aliphatic carbocycles. The smallest absolute Gasteiger partial charge is 0.310 e. The molecule has 0 aromatic carbocycles. The van der Waals surface area contributed by atoms with Crippen molar-refractivity contribution in [3.05, 3.63) is 21.9 Å². The van der Waals surface area contributed by atoms with Crippen LogP contribution in [0.3, 0.4) is 0 Å². The van der Waals surface area contributed by atoms with Crippen molar-refractivity contribution in [2.45, 2.75) is 39.2 Å². The zero-order valence-electron chi connectivity index (χ0n) is 14.5. The lowest BCUT2D eigenvalue weighted by Crippen LogP contribution is -2.48. The average Bonchev–Trinajstić information content (AvgIpc) is 3.07. The number of piperidine rings is 1. The topological polar surface area (TPSA) is 49.9 Å². The maximum absolute atomic E-state index is 12.7. The van der Waals surface area contributed by atoms with Gasteiger partial charge in [0, 0.05) is 30.6 Å². The van der Waals surface area contributed by atoms with Gasteiger partial charge in [-0.05, 0) is 50.1 Å². The van der Waals surface area contributed by atoms with Gasteiger partial charge in [-0.25, -0.2) is 0 Å². The summed E-state index contributed by atoms with van der Waals surface area (Å²) in [5.74, 6) is -0.191. The van der Waals surface area contributed by atoms with E-state index in [1.807, 2.05) is 23.2 Å². The zero-order valence-corrected chi connectivity index (χ0v) is 15.3. The number of hydrogen-bond donors (Lipinski definition) is 0. The predicted octanol–water partition coefficient (Wildman–Crippen LogP) is 2.47. The van der Waals surface area contributed by atoms with Crippen molar-refractivity contribution in [3.63, 3.8) is 0 Å². The van der Waals surface area contributed by atoms with Gasteiger partial charge in [0.15, 0.2) is 0 Å². The average molecular weight is 350 g/mol. The molecule has 1 amide bonds. The van der Waals surface area contributed by atoms with Crippen molar-refractivity contribution in [2.75, 3.05) is 32.8 Å². The molecular formula is C18H26N2O3S. The Hall–Kier alpha value is -1.40. The molecule has 2 aliphatic heterocycles. The Balaban J connectivity index is 1.58. The number of nitrogens with zero attached hydrogens (tertiary/aromatic N) is 2. The molecule has 2 unspecified atom stereocenters. The first kappa shape index (κ1) is 17.4. The molecule has 1 aromatic heterocycles. The largest absolute Gasteiger partial charge is 0.466 e. The van der Waals surface area contributed by atoms with E-state index in [-0.39, 0.29) is 23.8 Å². The molecule has 0 spiro atoms. The van der Waals surface area contributed by atoms with Gasteiger partial charge in [0.1, 0.15) is 0 Å². The molecular weight excluding hydrogens is 324 g/mol. The Labute approximate surface area is 147 Å². The molecule has 2 atom stereocenters. The predicted molar refractivity (Wildman–Crippen MR) is 93.9 cm³/mol. The van der Waals surface area contributed by atoms with Crippen LogP contribution in [0.25, 0.3) is 0 Å². The van der Waals surface area contributed by atoms with E-state index in [1.165, 1.54) is 10.4 Å². The van der Waals surface area contributed by atoms with E-state index in [0.29, 0.717) is 19.7 Å². The third-order valence-electron chi connectivity index (χ3n) is 5.14. The number of thiophene rings is 1. The first-order valence-electron chi connectivity index (χ1n) is 8.85. The molecule has 1 saturated heterocycles. The molecule has 0 radical (unpaired) electrons. The van der Waals surface area contributed by atoms with E-state index < -0.39 is 0 Å². The van der Waals surface area contributed by atoms with Crippen molar-refractivity contribution in [3.8, 4) is 0 Å². The number of carbonyl (C=O) groups is 2. The monoisotopic (exact) mass is 350 g/mol. The van der Waals surface area contributed by atoms with E-state index >= 15 is 0 Å². The summed E-state index contributed by atoms with van der Waals surface area (Å²) in [6.07, 6.45) is 2.72. The molecule has 3 heterocycles. The molecule has 132 valence electrons. The number of esters is 1. The summed E-state index contributed by atoms with van der Waals surface area (Å²) in [6, 6.07) is 2.47. The van der Waals surface area contributed by atoms with Crippen LogP contribution < -0.4 is 0 Å². The quantitative estimate of drug-likeness (QED) is 0.783. The molecule has 0 saturated carbocycles. The Morgan fingerprint density at radius 3 is 3.00 bits per heavy atom. The minimum absolute atomic E-state index is 0.134. The Kier molecular flexibility index (Phi) is 5.56. The van der Waals surface area contributed by atoms with Gasteiger partial charge in [0.25, 0.3) is 0 Å². The van der Waals surface area contributed by atoms with Crippen LogP contribution >= 0.6 is 11.3 Å². The molecule has 1 fully saturated rings. The van der Waals surface area contributed by atoms with E-state index in [0.717, 1.165) is 32.4 Å². The highest BCUT2D eigenvalue weighted by molar-refractivity contribution is 7.10. The summed E-state index contributed by atoms with van der Waals surface area (Å²) in [5, 5.41) is 2.14. The van der Waals surface area contributed by atoms with Gasteiger partial charge in [0.2, 0.25) is 5.91 Å². The highest BCUT2D eigenvalue weighted by atomic mass is 32.1. The Bertz CT molecular complexity index is 601. The van der Waals surface area contributed by atoms with E-state index in [9.17, 15) is 9.59 Å². The maximum atomic E-state index is 12.7. The molecule has 0 N–H and O–H groups in total. The third kappa shape index (κ3) is 3.64. The summed E-state index contributed by atoms with van der Waals surface area (Å²) in [5.41, 5.74) is 1.36. The van der Waals surface area contributed by atoms with Crippen molar-refractivity contribution >= 4 is 23.2 Å². The van der Waals surface area contributed by atoms with Crippen LogP contribution in [0.1, 0.15) is 43.2 Å². The van der Waals surface area contributed by atoms with Crippen LogP contribution in [0.5, 0.6) is 0 Å². The second-order valence-electron chi connectivity index (χ2n) is 6.63. The van der Waals surface area contributed by atoms with Gasteiger partial charge < -0.3 is 9.64 Å².